The van der Waals surface area contributed by atoms with Crippen molar-refractivity contribution in [2.75, 3.05) is 31.6 Å². The van der Waals surface area contributed by atoms with Crippen LogP contribution in [0.15, 0.2) is 66.0 Å². The zero-order chi connectivity index (χ0) is 27.5. The summed E-state index contributed by atoms with van der Waals surface area (Å²) in [5.74, 6) is -0.414. The number of esters is 1. The Labute approximate surface area is 231 Å². The van der Waals surface area contributed by atoms with Crippen LogP contribution in [-0.2, 0) is 11.3 Å². The fourth-order valence-electron chi connectivity index (χ4n) is 4.97. The molecule has 2 aromatic heterocycles. The van der Waals surface area contributed by atoms with Gasteiger partial charge in [-0.15, -0.1) is 11.3 Å². The molecule has 4 aromatic rings. The second-order valence-electron chi connectivity index (χ2n) is 9.74. The summed E-state index contributed by atoms with van der Waals surface area (Å²) in [6.07, 6.45) is 0. The Morgan fingerprint density at radius 3 is 2.54 bits per heavy atom. The number of aromatic nitrogens is 1. The highest BCUT2D eigenvalue weighted by Crippen LogP contribution is 2.28. The van der Waals surface area contributed by atoms with E-state index in [-0.39, 0.29) is 18.0 Å². The van der Waals surface area contributed by atoms with Crippen LogP contribution in [-0.4, -0.2) is 64.6 Å². The zero-order valence-electron chi connectivity index (χ0n) is 22.3. The predicted molar refractivity (Wildman–Crippen MR) is 154 cm³/mol. The van der Waals surface area contributed by atoms with Gasteiger partial charge in [-0.25, -0.2) is 9.59 Å². The molecule has 1 atom stereocenters. The van der Waals surface area contributed by atoms with Gasteiger partial charge in [0.1, 0.15) is 10.5 Å². The molecule has 0 spiro atoms. The molecule has 0 aliphatic carbocycles. The van der Waals surface area contributed by atoms with Gasteiger partial charge in [-0.1, -0.05) is 24.3 Å². The zero-order valence-corrected chi connectivity index (χ0v) is 23.2. The molecule has 1 saturated heterocycles. The standard InChI is InChI=1S/C30H32N4O4S/c1-4-38-29(36)22-9-11-25(12-10-22)31-30(37)33-15-14-32(18-21(33)3)27(35)26-17-23-13-16-39-28(23)34(26)19-24-8-6-5-7-20(24)2/h5-13,16-17,21H,4,14-15,18-19H2,1-3H3,(H,31,37)/t21-/m0/s1. The average Bonchev–Trinajstić information content (AvgIpc) is 3.52. The van der Waals surface area contributed by atoms with E-state index in [1.807, 2.05) is 30.0 Å². The highest BCUT2D eigenvalue weighted by atomic mass is 32.1. The van der Waals surface area contributed by atoms with Crippen LogP contribution in [0.1, 0.15) is 45.8 Å². The number of hydrogen-bond acceptors (Lipinski definition) is 5. The van der Waals surface area contributed by atoms with E-state index in [4.69, 9.17) is 4.74 Å². The minimum atomic E-state index is -0.394. The lowest BCUT2D eigenvalue weighted by molar-refractivity contribution is 0.0525. The number of fused-ring (bicyclic) bond motifs is 1. The molecule has 202 valence electrons. The first-order chi connectivity index (χ1) is 18.9. The molecule has 1 N–H and O–H groups in total. The van der Waals surface area contributed by atoms with Crippen molar-refractivity contribution >= 4 is 45.1 Å². The van der Waals surface area contributed by atoms with Gasteiger partial charge in [0.2, 0.25) is 0 Å². The van der Waals surface area contributed by atoms with Crippen LogP contribution in [0.25, 0.3) is 10.2 Å². The second kappa shape index (κ2) is 11.3. The molecule has 1 aliphatic heterocycles. The Bertz CT molecular complexity index is 1510. The van der Waals surface area contributed by atoms with Crippen LogP contribution in [0.4, 0.5) is 10.5 Å². The maximum absolute atomic E-state index is 13.8. The number of thiophene rings is 1. The van der Waals surface area contributed by atoms with Crippen molar-refractivity contribution in [3.63, 3.8) is 0 Å². The molecular weight excluding hydrogens is 512 g/mol. The lowest BCUT2D eigenvalue weighted by Crippen LogP contribution is -2.56. The maximum Gasteiger partial charge on any atom is 0.338 e. The summed E-state index contributed by atoms with van der Waals surface area (Å²) < 4.78 is 7.13. The molecule has 2 aromatic carbocycles. The molecule has 0 bridgehead atoms. The van der Waals surface area contributed by atoms with E-state index in [1.165, 1.54) is 11.1 Å². The molecular formula is C30H32N4O4S. The number of ether oxygens (including phenoxy) is 1. The van der Waals surface area contributed by atoms with Gasteiger partial charge in [0.05, 0.1) is 12.2 Å². The van der Waals surface area contributed by atoms with Gasteiger partial charge < -0.3 is 24.4 Å². The number of nitrogens with one attached hydrogen (secondary N) is 1. The Kier molecular flexibility index (Phi) is 7.70. The molecule has 3 amide bonds. The molecule has 0 unspecified atom stereocenters. The molecule has 39 heavy (non-hydrogen) atoms. The number of urea groups is 1. The SMILES string of the molecule is CCOC(=O)c1ccc(NC(=O)N2CCN(C(=O)c3cc4ccsc4n3Cc3ccccc3C)C[C@@H]2C)cc1. The maximum atomic E-state index is 13.8. The normalized spacial score (nSPS) is 15.4. The van der Waals surface area contributed by atoms with Gasteiger partial charge in [-0.3, -0.25) is 4.79 Å². The number of carbonyl (C=O) groups is 3. The molecule has 8 nitrogen and oxygen atoms in total. The largest absolute Gasteiger partial charge is 0.462 e. The van der Waals surface area contributed by atoms with Crippen molar-refractivity contribution in [1.29, 1.82) is 0 Å². The Morgan fingerprint density at radius 2 is 1.82 bits per heavy atom. The van der Waals surface area contributed by atoms with E-state index in [0.717, 1.165) is 10.2 Å². The summed E-state index contributed by atoms with van der Waals surface area (Å²) in [6.45, 7) is 8.05. The Morgan fingerprint density at radius 1 is 1.05 bits per heavy atom. The third-order valence-corrected chi connectivity index (χ3v) is 8.09. The topological polar surface area (TPSA) is 83.9 Å². The van der Waals surface area contributed by atoms with Crippen LogP contribution < -0.4 is 5.32 Å². The van der Waals surface area contributed by atoms with Crippen LogP contribution in [0.2, 0.25) is 0 Å². The number of amides is 3. The minimum absolute atomic E-state index is 0.0200. The van der Waals surface area contributed by atoms with E-state index in [2.05, 4.69) is 40.4 Å². The fraction of sp³-hybridized carbons (Fsp3) is 0.300. The summed E-state index contributed by atoms with van der Waals surface area (Å²) in [5, 5.41) is 6.02. The number of piperazine rings is 1. The van der Waals surface area contributed by atoms with Gasteiger partial charge in [0.15, 0.2) is 0 Å². The monoisotopic (exact) mass is 544 g/mol. The van der Waals surface area contributed by atoms with Gasteiger partial charge >= 0.3 is 12.0 Å². The molecule has 0 radical (unpaired) electrons. The number of rotatable bonds is 6. The van der Waals surface area contributed by atoms with Gasteiger partial charge in [0.25, 0.3) is 5.91 Å². The predicted octanol–water partition coefficient (Wildman–Crippen LogP) is 5.61. The number of nitrogens with zero attached hydrogens (tertiary/aromatic N) is 3. The van der Waals surface area contributed by atoms with Crippen LogP contribution in [0.3, 0.4) is 0 Å². The van der Waals surface area contributed by atoms with Crippen LogP contribution in [0, 0.1) is 6.92 Å². The first-order valence-electron chi connectivity index (χ1n) is 13.1. The van der Waals surface area contributed by atoms with Gasteiger partial charge in [0, 0.05) is 43.3 Å². The number of hydrogen-bond donors (Lipinski definition) is 1. The smallest absolute Gasteiger partial charge is 0.338 e. The second-order valence-corrected chi connectivity index (χ2v) is 10.6. The lowest BCUT2D eigenvalue weighted by atomic mass is 10.1. The Balaban J connectivity index is 1.26. The molecule has 0 saturated carbocycles. The van der Waals surface area contributed by atoms with E-state index < -0.39 is 5.97 Å². The minimum Gasteiger partial charge on any atom is -0.462 e. The number of anilines is 1. The van der Waals surface area contributed by atoms with E-state index >= 15 is 0 Å². The summed E-state index contributed by atoms with van der Waals surface area (Å²) in [6, 6.07) is 18.5. The van der Waals surface area contributed by atoms with E-state index in [1.54, 1.807) is 47.4 Å². The number of aryl methyl sites for hydroxylation is 1. The van der Waals surface area contributed by atoms with Crippen LogP contribution >= 0.6 is 11.3 Å². The fourth-order valence-corrected chi connectivity index (χ4v) is 5.87. The molecule has 9 heteroatoms. The van der Waals surface area contributed by atoms with E-state index in [9.17, 15) is 14.4 Å². The lowest BCUT2D eigenvalue weighted by Gasteiger charge is -2.39. The van der Waals surface area contributed by atoms with Crippen molar-refractivity contribution in [3.8, 4) is 0 Å². The van der Waals surface area contributed by atoms with E-state index in [0.29, 0.717) is 49.7 Å². The average molecular weight is 545 g/mol. The summed E-state index contributed by atoms with van der Waals surface area (Å²) in [4.78, 5) is 43.3. The van der Waals surface area contributed by atoms with Crippen molar-refractivity contribution in [3.05, 3.63) is 88.4 Å². The number of carbonyl (C=O) groups excluding carboxylic acids is 3. The highest BCUT2D eigenvalue weighted by molar-refractivity contribution is 7.16. The summed E-state index contributed by atoms with van der Waals surface area (Å²) in [5.41, 5.74) is 4.07. The highest BCUT2D eigenvalue weighted by Gasteiger charge is 2.32. The van der Waals surface area contributed by atoms with Gasteiger partial charge in [-0.2, -0.15) is 0 Å². The molecule has 1 fully saturated rings. The first-order valence-corrected chi connectivity index (χ1v) is 14.0. The third-order valence-electron chi connectivity index (χ3n) is 7.13. The summed E-state index contributed by atoms with van der Waals surface area (Å²) >= 11 is 1.64. The van der Waals surface area contributed by atoms with Crippen molar-refractivity contribution in [1.82, 2.24) is 14.4 Å². The molecule has 3 heterocycles. The van der Waals surface area contributed by atoms with Crippen molar-refractivity contribution < 1.29 is 19.1 Å². The van der Waals surface area contributed by atoms with Gasteiger partial charge in [-0.05, 0) is 73.7 Å². The molecule has 5 rings (SSSR count). The van der Waals surface area contributed by atoms with Crippen molar-refractivity contribution in [2.45, 2.75) is 33.4 Å². The Hall–Kier alpha value is -4.11. The number of benzene rings is 2. The quantitative estimate of drug-likeness (QED) is 0.320. The third kappa shape index (κ3) is 5.54. The van der Waals surface area contributed by atoms with Crippen LogP contribution in [0.5, 0.6) is 0 Å². The molecule has 1 aliphatic rings. The van der Waals surface area contributed by atoms with Crippen molar-refractivity contribution in [2.24, 2.45) is 0 Å². The first kappa shape index (κ1) is 26.5. The summed E-state index contributed by atoms with van der Waals surface area (Å²) in [7, 11) is 0.